The van der Waals surface area contributed by atoms with E-state index in [0.29, 0.717) is 11.3 Å². The minimum atomic E-state index is -0.583. The number of hydrogen-bond acceptors (Lipinski definition) is 5. The number of rotatable bonds is 6. The van der Waals surface area contributed by atoms with E-state index in [1.54, 1.807) is 54.6 Å². The first kappa shape index (κ1) is 20.7. The number of carbonyl (C=O) groups excluding carboxylic acids is 2. The Hall–Kier alpha value is -4.58. The summed E-state index contributed by atoms with van der Waals surface area (Å²) in [7, 11) is 0. The van der Waals surface area contributed by atoms with Gasteiger partial charge in [0.05, 0.1) is 5.56 Å². The number of anilines is 1. The molecule has 0 aliphatic carbocycles. The molecule has 6 nitrogen and oxygen atoms in total. The van der Waals surface area contributed by atoms with Crippen LogP contribution in [0.1, 0.15) is 26.3 Å². The highest BCUT2D eigenvalue weighted by Crippen LogP contribution is 2.35. The lowest BCUT2D eigenvalue weighted by molar-refractivity contribution is 0.102. The summed E-state index contributed by atoms with van der Waals surface area (Å²) in [5.41, 5.74) is 1.09. The van der Waals surface area contributed by atoms with Crippen LogP contribution in [0.3, 0.4) is 0 Å². The van der Waals surface area contributed by atoms with E-state index in [-0.39, 0.29) is 39.9 Å². The Morgan fingerprint density at radius 1 is 0.719 bits per heavy atom. The number of ketones is 1. The Kier molecular flexibility index (Phi) is 5.85. The standard InChI is InChI=1S/C26H19NO5/c28-19-14-15-20(25(30)17-8-3-1-4-9-17)23(16-19)32-22-13-7-12-21(29)24(22)26(31)27-18-10-5-2-6-11-18/h1-16,28-29H,(H,27,31). The van der Waals surface area contributed by atoms with E-state index in [0.717, 1.165) is 0 Å². The topological polar surface area (TPSA) is 95.9 Å². The summed E-state index contributed by atoms with van der Waals surface area (Å²) in [5.74, 6) is -1.20. The molecule has 0 spiro atoms. The van der Waals surface area contributed by atoms with Crippen molar-refractivity contribution in [2.24, 2.45) is 0 Å². The van der Waals surface area contributed by atoms with Crippen molar-refractivity contribution in [3.63, 3.8) is 0 Å². The molecule has 32 heavy (non-hydrogen) atoms. The van der Waals surface area contributed by atoms with Crippen molar-refractivity contribution in [2.75, 3.05) is 5.32 Å². The van der Waals surface area contributed by atoms with Crippen LogP contribution in [0.2, 0.25) is 0 Å². The first-order valence-electron chi connectivity index (χ1n) is 9.82. The van der Waals surface area contributed by atoms with Crippen molar-refractivity contribution in [1.29, 1.82) is 0 Å². The van der Waals surface area contributed by atoms with E-state index in [1.807, 2.05) is 6.07 Å². The van der Waals surface area contributed by atoms with Gasteiger partial charge in [0.2, 0.25) is 0 Å². The lowest BCUT2D eigenvalue weighted by atomic mass is 10.0. The smallest absolute Gasteiger partial charge is 0.263 e. The highest BCUT2D eigenvalue weighted by molar-refractivity contribution is 6.11. The fourth-order valence-corrected chi connectivity index (χ4v) is 3.19. The van der Waals surface area contributed by atoms with E-state index >= 15 is 0 Å². The van der Waals surface area contributed by atoms with Crippen LogP contribution in [-0.4, -0.2) is 21.9 Å². The largest absolute Gasteiger partial charge is 0.508 e. The van der Waals surface area contributed by atoms with Crippen molar-refractivity contribution >= 4 is 17.4 Å². The molecule has 4 rings (SSSR count). The van der Waals surface area contributed by atoms with Crippen LogP contribution in [0.4, 0.5) is 5.69 Å². The predicted molar refractivity (Wildman–Crippen MR) is 121 cm³/mol. The van der Waals surface area contributed by atoms with Crippen LogP contribution in [0.25, 0.3) is 0 Å². The first-order chi connectivity index (χ1) is 15.5. The molecule has 0 aliphatic heterocycles. The number of phenolic OH excluding ortho intramolecular Hbond substituents is 2. The second-order valence-electron chi connectivity index (χ2n) is 6.95. The molecule has 0 unspecified atom stereocenters. The number of amides is 1. The van der Waals surface area contributed by atoms with Gasteiger partial charge in [0.25, 0.3) is 5.91 Å². The second-order valence-corrected chi connectivity index (χ2v) is 6.95. The van der Waals surface area contributed by atoms with Gasteiger partial charge in [-0.1, -0.05) is 54.6 Å². The van der Waals surface area contributed by atoms with Gasteiger partial charge in [-0.15, -0.1) is 0 Å². The summed E-state index contributed by atoms with van der Waals surface area (Å²) in [5, 5.41) is 23.1. The van der Waals surface area contributed by atoms with Crippen molar-refractivity contribution in [3.8, 4) is 23.0 Å². The molecule has 4 aromatic rings. The maximum atomic E-state index is 13.0. The van der Waals surface area contributed by atoms with Gasteiger partial charge in [0.15, 0.2) is 5.78 Å². The van der Waals surface area contributed by atoms with E-state index < -0.39 is 5.91 Å². The second kappa shape index (κ2) is 9.06. The van der Waals surface area contributed by atoms with Gasteiger partial charge in [-0.2, -0.15) is 0 Å². The molecule has 1 amide bonds. The third kappa shape index (κ3) is 4.44. The van der Waals surface area contributed by atoms with Gasteiger partial charge in [-0.25, -0.2) is 0 Å². The van der Waals surface area contributed by atoms with Crippen molar-refractivity contribution in [2.45, 2.75) is 0 Å². The number of hydrogen-bond donors (Lipinski definition) is 3. The zero-order valence-electron chi connectivity index (χ0n) is 16.9. The van der Waals surface area contributed by atoms with Crippen LogP contribution in [-0.2, 0) is 0 Å². The third-order valence-corrected chi connectivity index (χ3v) is 4.73. The molecule has 4 aromatic carbocycles. The van der Waals surface area contributed by atoms with Gasteiger partial charge >= 0.3 is 0 Å². The molecule has 0 radical (unpaired) electrons. The normalized spacial score (nSPS) is 10.4. The Morgan fingerprint density at radius 3 is 2.12 bits per heavy atom. The van der Waals surface area contributed by atoms with Crippen LogP contribution in [0, 0.1) is 0 Å². The highest BCUT2D eigenvalue weighted by atomic mass is 16.5. The summed E-state index contributed by atoms with van der Waals surface area (Å²) in [4.78, 5) is 25.9. The zero-order chi connectivity index (χ0) is 22.5. The molecule has 0 bridgehead atoms. The minimum absolute atomic E-state index is 0.0335. The lowest BCUT2D eigenvalue weighted by Gasteiger charge is -2.15. The number of benzene rings is 4. The highest BCUT2D eigenvalue weighted by Gasteiger charge is 2.21. The van der Waals surface area contributed by atoms with E-state index in [2.05, 4.69) is 5.32 Å². The van der Waals surface area contributed by atoms with E-state index in [4.69, 9.17) is 4.74 Å². The van der Waals surface area contributed by atoms with Gasteiger partial charge in [-0.05, 0) is 36.4 Å². The quantitative estimate of drug-likeness (QED) is 0.361. The number of phenols is 2. The molecule has 6 heteroatoms. The molecule has 158 valence electrons. The molecule has 0 saturated carbocycles. The summed E-state index contributed by atoms with van der Waals surface area (Å²) < 4.78 is 5.90. The summed E-state index contributed by atoms with van der Waals surface area (Å²) in [6, 6.07) is 25.9. The Labute approximate surface area is 184 Å². The number of aromatic hydroxyl groups is 2. The fraction of sp³-hybridized carbons (Fsp3) is 0. The van der Waals surface area contributed by atoms with Crippen molar-refractivity contribution in [1.82, 2.24) is 0 Å². The third-order valence-electron chi connectivity index (χ3n) is 4.73. The average molecular weight is 425 g/mol. The van der Waals surface area contributed by atoms with Crippen LogP contribution >= 0.6 is 0 Å². The molecule has 0 atom stereocenters. The first-order valence-corrected chi connectivity index (χ1v) is 9.82. The van der Waals surface area contributed by atoms with Crippen LogP contribution in [0.15, 0.2) is 97.1 Å². The Bertz CT molecular complexity index is 1270. The average Bonchev–Trinajstić information content (AvgIpc) is 2.80. The molecular weight excluding hydrogens is 406 g/mol. The maximum Gasteiger partial charge on any atom is 0.263 e. The summed E-state index contributed by atoms with van der Waals surface area (Å²) >= 11 is 0. The lowest BCUT2D eigenvalue weighted by Crippen LogP contribution is -2.13. The number of para-hydroxylation sites is 1. The van der Waals surface area contributed by atoms with Gasteiger partial charge in [-0.3, -0.25) is 9.59 Å². The Balaban J connectivity index is 1.71. The Morgan fingerprint density at radius 2 is 1.41 bits per heavy atom. The maximum absolute atomic E-state index is 13.0. The molecule has 0 aliphatic rings. The summed E-state index contributed by atoms with van der Waals surface area (Å²) in [6.45, 7) is 0. The van der Waals surface area contributed by atoms with Crippen molar-refractivity contribution < 1.29 is 24.5 Å². The molecule has 3 N–H and O–H groups in total. The zero-order valence-corrected chi connectivity index (χ0v) is 16.9. The van der Waals surface area contributed by atoms with Crippen molar-refractivity contribution in [3.05, 3.63) is 114 Å². The molecular formula is C26H19NO5. The molecule has 0 fully saturated rings. The van der Waals surface area contributed by atoms with Crippen LogP contribution < -0.4 is 10.1 Å². The van der Waals surface area contributed by atoms with Gasteiger partial charge in [0, 0.05) is 17.3 Å². The number of ether oxygens (including phenoxy) is 1. The summed E-state index contributed by atoms with van der Waals surface area (Å²) in [6.07, 6.45) is 0. The molecule has 0 aromatic heterocycles. The van der Waals surface area contributed by atoms with Crippen LogP contribution in [0.5, 0.6) is 23.0 Å². The molecule has 0 heterocycles. The monoisotopic (exact) mass is 425 g/mol. The number of nitrogens with one attached hydrogen (secondary N) is 1. The van der Waals surface area contributed by atoms with E-state index in [9.17, 15) is 19.8 Å². The molecule has 0 saturated heterocycles. The SMILES string of the molecule is O=C(c1ccccc1)c1ccc(O)cc1Oc1cccc(O)c1C(=O)Nc1ccccc1. The van der Waals surface area contributed by atoms with Gasteiger partial charge in [0.1, 0.15) is 28.6 Å². The fourth-order valence-electron chi connectivity index (χ4n) is 3.19. The van der Waals surface area contributed by atoms with Gasteiger partial charge < -0.3 is 20.3 Å². The number of carbonyl (C=O) groups is 2. The van der Waals surface area contributed by atoms with E-state index in [1.165, 1.54) is 36.4 Å². The minimum Gasteiger partial charge on any atom is -0.508 e. The predicted octanol–water partition coefficient (Wildman–Crippen LogP) is 5.37.